The van der Waals surface area contributed by atoms with Gasteiger partial charge in [-0.3, -0.25) is 9.89 Å². The first kappa shape index (κ1) is 19.2. The first-order valence-electron chi connectivity index (χ1n) is 10.2. The first-order chi connectivity index (χ1) is 12.8. The van der Waals surface area contributed by atoms with Gasteiger partial charge in [0.25, 0.3) is 0 Å². The Morgan fingerprint density at radius 1 is 1.15 bits per heavy atom. The van der Waals surface area contributed by atoms with Crippen LogP contribution >= 0.6 is 0 Å². The Bertz CT molecular complexity index is 562. The van der Waals surface area contributed by atoms with Crippen molar-refractivity contribution in [2.75, 3.05) is 26.2 Å². The molecular weight excluding hydrogens is 324 g/mol. The van der Waals surface area contributed by atoms with Crippen molar-refractivity contribution in [2.45, 2.75) is 57.7 Å². The highest BCUT2D eigenvalue weighted by atomic mass is 16.3. The van der Waals surface area contributed by atoms with Gasteiger partial charge < -0.3 is 15.7 Å². The monoisotopic (exact) mass is 358 g/mol. The maximum absolute atomic E-state index is 9.99. The summed E-state index contributed by atoms with van der Waals surface area (Å²) < 4.78 is 0. The zero-order valence-corrected chi connectivity index (χ0v) is 16.0. The number of nitrogens with one attached hydrogen (secondary N) is 2. The van der Waals surface area contributed by atoms with E-state index < -0.39 is 0 Å². The molecule has 5 nitrogen and oxygen atoms in total. The van der Waals surface area contributed by atoms with Gasteiger partial charge in [0.2, 0.25) is 0 Å². The number of aliphatic hydroxyl groups excluding tert-OH is 1. The molecular formula is C21H34N4O. The molecule has 0 aromatic heterocycles. The van der Waals surface area contributed by atoms with Crippen molar-refractivity contribution in [3.63, 3.8) is 0 Å². The molecule has 1 saturated carbocycles. The number of nitrogens with zero attached hydrogens (tertiary/aromatic N) is 2. The van der Waals surface area contributed by atoms with Crippen LogP contribution in [0.1, 0.15) is 44.6 Å². The van der Waals surface area contributed by atoms with Crippen LogP contribution in [-0.4, -0.2) is 54.3 Å². The third-order valence-corrected chi connectivity index (χ3v) is 5.68. The van der Waals surface area contributed by atoms with Crippen molar-refractivity contribution in [1.29, 1.82) is 0 Å². The van der Waals surface area contributed by atoms with E-state index in [1.165, 1.54) is 24.9 Å². The molecule has 1 aliphatic heterocycles. The van der Waals surface area contributed by atoms with Gasteiger partial charge in [-0.15, -0.1) is 0 Å². The predicted octanol–water partition coefficient (Wildman–Crippen LogP) is 2.37. The molecule has 1 aromatic carbocycles. The number of hydrogen-bond donors (Lipinski definition) is 3. The van der Waals surface area contributed by atoms with E-state index in [-0.39, 0.29) is 6.10 Å². The molecule has 1 heterocycles. The van der Waals surface area contributed by atoms with Crippen molar-refractivity contribution >= 4 is 5.96 Å². The average molecular weight is 359 g/mol. The molecule has 26 heavy (non-hydrogen) atoms. The van der Waals surface area contributed by atoms with Crippen molar-refractivity contribution in [3.8, 4) is 0 Å². The summed E-state index contributed by atoms with van der Waals surface area (Å²) in [6.07, 6.45) is 5.49. The Morgan fingerprint density at radius 3 is 2.73 bits per heavy atom. The summed E-state index contributed by atoms with van der Waals surface area (Å²) in [5.74, 6) is 1.21. The molecule has 3 rings (SSSR count). The standard InChI is InChI=1S/C21H34N4O/c1-2-22-21(23-14-18-10-6-12-20(18)26)24-15-19-11-7-13-25(19)16-17-8-4-3-5-9-17/h3-5,8-9,18-20,26H,2,6-7,10-16H2,1H3,(H2,22,23,24). The van der Waals surface area contributed by atoms with E-state index >= 15 is 0 Å². The van der Waals surface area contributed by atoms with Crippen LogP contribution in [0, 0.1) is 5.92 Å². The normalized spacial score (nSPS) is 27.0. The Kier molecular flexibility index (Phi) is 7.32. The van der Waals surface area contributed by atoms with Crippen LogP contribution < -0.4 is 10.6 Å². The highest BCUT2D eigenvalue weighted by Crippen LogP contribution is 2.25. The topological polar surface area (TPSA) is 59.9 Å². The molecule has 1 aliphatic carbocycles. The molecule has 0 bridgehead atoms. The molecule has 5 heteroatoms. The second-order valence-corrected chi connectivity index (χ2v) is 7.61. The molecule has 0 radical (unpaired) electrons. The van der Waals surface area contributed by atoms with Gasteiger partial charge in [-0.2, -0.15) is 0 Å². The minimum atomic E-state index is -0.169. The van der Waals surface area contributed by atoms with Crippen molar-refractivity contribution in [2.24, 2.45) is 10.9 Å². The van der Waals surface area contributed by atoms with E-state index in [0.29, 0.717) is 12.0 Å². The maximum Gasteiger partial charge on any atom is 0.191 e. The summed E-state index contributed by atoms with van der Waals surface area (Å²) >= 11 is 0. The smallest absolute Gasteiger partial charge is 0.191 e. The lowest BCUT2D eigenvalue weighted by Crippen LogP contribution is -2.45. The van der Waals surface area contributed by atoms with Gasteiger partial charge in [0.05, 0.1) is 6.10 Å². The van der Waals surface area contributed by atoms with E-state index in [4.69, 9.17) is 4.99 Å². The predicted molar refractivity (Wildman–Crippen MR) is 107 cm³/mol. The van der Waals surface area contributed by atoms with E-state index in [2.05, 4.69) is 52.8 Å². The number of guanidine groups is 1. The van der Waals surface area contributed by atoms with Crippen LogP contribution in [0.2, 0.25) is 0 Å². The van der Waals surface area contributed by atoms with Gasteiger partial charge >= 0.3 is 0 Å². The zero-order chi connectivity index (χ0) is 18.2. The maximum atomic E-state index is 9.99. The van der Waals surface area contributed by atoms with Gasteiger partial charge in [0.1, 0.15) is 0 Å². The van der Waals surface area contributed by atoms with Crippen molar-refractivity contribution in [1.82, 2.24) is 15.5 Å². The fraction of sp³-hybridized carbons (Fsp3) is 0.667. The van der Waals surface area contributed by atoms with Gasteiger partial charge in [-0.05, 0) is 44.7 Å². The lowest BCUT2D eigenvalue weighted by atomic mass is 10.1. The fourth-order valence-electron chi connectivity index (χ4n) is 4.15. The van der Waals surface area contributed by atoms with Crippen LogP contribution in [0.4, 0.5) is 0 Å². The second-order valence-electron chi connectivity index (χ2n) is 7.61. The summed E-state index contributed by atoms with van der Waals surface area (Å²) in [6.45, 7) is 6.79. The lowest BCUT2D eigenvalue weighted by molar-refractivity contribution is 0.136. The molecule has 2 fully saturated rings. The van der Waals surface area contributed by atoms with E-state index in [1.54, 1.807) is 0 Å². The molecule has 0 spiro atoms. The number of aliphatic imine (C=N–C) groups is 1. The Balaban J connectivity index is 1.50. The fourth-order valence-corrected chi connectivity index (χ4v) is 4.15. The SMILES string of the molecule is CCNC(=NCC1CCCC1O)NCC1CCCN1Cc1ccccc1. The lowest BCUT2D eigenvalue weighted by Gasteiger charge is -2.25. The second kappa shape index (κ2) is 9.93. The third kappa shape index (κ3) is 5.45. The van der Waals surface area contributed by atoms with E-state index in [0.717, 1.165) is 51.4 Å². The van der Waals surface area contributed by atoms with E-state index in [1.807, 2.05) is 0 Å². The molecule has 0 amide bonds. The van der Waals surface area contributed by atoms with Crippen LogP contribution in [0.3, 0.4) is 0 Å². The Labute approximate surface area is 157 Å². The minimum Gasteiger partial charge on any atom is -0.393 e. The molecule has 3 atom stereocenters. The quantitative estimate of drug-likeness (QED) is 0.517. The van der Waals surface area contributed by atoms with Gasteiger partial charge in [-0.1, -0.05) is 36.8 Å². The van der Waals surface area contributed by atoms with Crippen molar-refractivity contribution < 1.29 is 5.11 Å². The van der Waals surface area contributed by atoms with Crippen LogP contribution in [0.5, 0.6) is 0 Å². The molecule has 3 N–H and O–H groups in total. The van der Waals surface area contributed by atoms with E-state index in [9.17, 15) is 5.11 Å². The van der Waals surface area contributed by atoms with Crippen LogP contribution in [0.25, 0.3) is 0 Å². The van der Waals surface area contributed by atoms with Crippen LogP contribution in [-0.2, 0) is 6.54 Å². The molecule has 3 unspecified atom stereocenters. The molecule has 2 aliphatic rings. The Hall–Kier alpha value is -1.59. The van der Waals surface area contributed by atoms with Gasteiger partial charge in [0, 0.05) is 38.1 Å². The minimum absolute atomic E-state index is 0.169. The Morgan fingerprint density at radius 2 is 2.00 bits per heavy atom. The molecule has 1 saturated heterocycles. The number of benzene rings is 1. The number of rotatable bonds is 7. The van der Waals surface area contributed by atoms with Crippen LogP contribution in [0.15, 0.2) is 35.3 Å². The summed E-state index contributed by atoms with van der Waals surface area (Å²) in [6, 6.07) is 11.3. The summed E-state index contributed by atoms with van der Waals surface area (Å²) in [7, 11) is 0. The summed E-state index contributed by atoms with van der Waals surface area (Å²) in [4.78, 5) is 7.31. The number of aliphatic hydroxyl groups is 1. The van der Waals surface area contributed by atoms with Gasteiger partial charge in [-0.25, -0.2) is 0 Å². The molecule has 144 valence electrons. The average Bonchev–Trinajstić information content (AvgIpc) is 3.27. The number of hydrogen-bond acceptors (Lipinski definition) is 3. The van der Waals surface area contributed by atoms with Gasteiger partial charge in [0.15, 0.2) is 5.96 Å². The third-order valence-electron chi connectivity index (χ3n) is 5.68. The summed E-state index contributed by atoms with van der Waals surface area (Å²) in [5, 5.41) is 16.9. The highest BCUT2D eigenvalue weighted by molar-refractivity contribution is 5.79. The first-order valence-corrected chi connectivity index (χ1v) is 10.2. The molecule has 1 aromatic rings. The number of likely N-dealkylation sites (tertiary alicyclic amines) is 1. The summed E-state index contributed by atoms with van der Waals surface area (Å²) in [5.41, 5.74) is 1.38. The largest absolute Gasteiger partial charge is 0.393 e. The highest BCUT2D eigenvalue weighted by Gasteiger charge is 2.26. The van der Waals surface area contributed by atoms with Crippen molar-refractivity contribution in [3.05, 3.63) is 35.9 Å². The zero-order valence-electron chi connectivity index (χ0n) is 16.0.